The van der Waals surface area contributed by atoms with Crippen LogP contribution in [0.3, 0.4) is 0 Å². The average Bonchev–Trinajstić information content (AvgIpc) is 2.40. The number of hydrogen-bond donors (Lipinski definition) is 0. The Balaban J connectivity index is 2.39. The zero-order valence-corrected chi connectivity index (χ0v) is 10.7. The fraction of sp³-hybridized carbons (Fsp3) is 0.286. The molecule has 0 fully saturated rings. The van der Waals surface area contributed by atoms with Crippen molar-refractivity contribution in [2.24, 2.45) is 0 Å². The topological polar surface area (TPSA) is 44.0 Å². The Morgan fingerprint density at radius 2 is 1.79 bits per heavy atom. The lowest BCUT2D eigenvalue weighted by atomic mass is 10.2. The highest BCUT2D eigenvalue weighted by molar-refractivity contribution is 5.16. The van der Waals surface area contributed by atoms with Gasteiger partial charge >= 0.3 is 5.69 Å². The van der Waals surface area contributed by atoms with Gasteiger partial charge in [0.2, 0.25) is 0 Å². The highest BCUT2D eigenvalue weighted by Crippen LogP contribution is 2.03. The van der Waals surface area contributed by atoms with Crippen LogP contribution in [0.15, 0.2) is 46.1 Å². The maximum Gasteiger partial charge on any atom is 0.331 e. The summed E-state index contributed by atoms with van der Waals surface area (Å²) < 4.78 is 15.5. The number of aryl methyl sites for hydroxylation is 1. The maximum absolute atomic E-state index is 12.8. The van der Waals surface area contributed by atoms with Crippen LogP contribution in [0.1, 0.15) is 18.9 Å². The number of nitrogens with zero attached hydrogens (tertiary/aromatic N) is 2. The van der Waals surface area contributed by atoms with E-state index in [-0.39, 0.29) is 23.6 Å². The molecular weight excluding hydrogens is 247 g/mol. The standard InChI is InChI=1S/C14H15FN2O2/c1-2-8-16-9-7-13(18)17(14(16)19)10-11-3-5-12(15)6-4-11/h3-7,9H,2,8,10H2,1H3. The zero-order valence-electron chi connectivity index (χ0n) is 10.7. The van der Waals surface area contributed by atoms with Crippen molar-refractivity contribution in [2.75, 3.05) is 0 Å². The first-order valence-corrected chi connectivity index (χ1v) is 6.16. The predicted molar refractivity (Wildman–Crippen MR) is 70.8 cm³/mol. The lowest BCUT2D eigenvalue weighted by Crippen LogP contribution is -2.39. The summed E-state index contributed by atoms with van der Waals surface area (Å²) in [5.41, 5.74) is 0.0372. The third-order valence-corrected chi connectivity index (χ3v) is 2.86. The van der Waals surface area contributed by atoms with Gasteiger partial charge in [-0.1, -0.05) is 19.1 Å². The summed E-state index contributed by atoms with van der Waals surface area (Å²) in [5, 5.41) is 0. The molecule has 2 aromatic rings. The highest BCUT2D eigenvalue weighted by atomic mass is 19.1. The van der Waals surface area contributed by atoms with Crippen LogP contribution < -0.4 is 11.2 Å². The molecule has 0 spiro atoms. The van der Waals surface area contributed by atoms with Gasteiger partial charge < -0.3 is 4.57 Å². The summed E-state index contributed by atoms with van der Waals surface area (Å²) in [6.07, 6.45) is 2.32. The summed E-state index contributed by atoms with van der Waals surface area (Å²) in [6.45, 7) is 2.69. The third kappa shape index (κ3) is 2.99. The van der Waals surface area contributed by atoms with Crippen molar-refractivity contribution in [3.05, 3.63) is 68.7 Å². The smallest absolute Gasteiger partial charge is 0.300 e. The van der Waals surface area contributed by atoms with Gasteiger partial charge in [0, 0.05) is 18.8 Å². The van der Waals surface area contributed by atoms with E-state index in [2.05, 4.69) is 0 Å². The normalized spacial score (nSPS) is 10.6. The van der Waals surface area contributed by atoms with Crippen molar-refractivity contribution in [1.29, 1.82) is 0 Å². The van der Waals surface area contributed by atoms with Gasteiger partial charge in [-0.15, -0.1) is 0 Å². The van der Waals surface area contributed by atoms with Crippen molar-refractivity contribution in [3.63, 3.8) is 0 Å². The molecule has 2 rings (SSSR count). The summed E-state index contributed by atoms with van der Waals surface area (Å²) >= 11 is 0. The van der Waals surface area contributed by atoms with E-state index in [0.29, 0.717) is 6.54 Å². The van der Waals surface area contributed by atoms with E-state index in [4.69, 9.17) is 0 Å². The Labute approximate surface area is 109 Å². The Kier molecular flexibility index (Phi) is 3.94. The van der Waals surface area contributed by atoms with Crippen LogP contribution in [0.25, 0.3) is 0 Å². The van der Waals surface area contributed by atoms with Gasteiger partial charge in [0.05, 0.1) is 6.54 Å². The molecule has 0 aliphatic rings. The number of aromatic nitrogens is 2. The molecule has 0 unspecified atom stereocenters. The van der Waals surface area contributed by atoms with Crippen LogP contribution >= 0.6 is 0 Å². The molecule has 1 heterocycles. The molecule has 5 heteroatoms. The number of hydrogen-bond acceptors (Lipinski definition) is 2. The van der Waals surface area contributed by atoms with Gasteiger partial charge in [-0.2, -0.15) is 0 Å². The molecule has 1 aromatic heterocycles. The van der Waals surface area contributed by atoms with Gasteiger partial charge in [0.15, 0.2) is 0 Å². The van der Waals surface area contributed by atoms with E-state index in [1.165, 1.54) is 29.0 Å². The summed E-state index contributed by atoms with van der Waals surface area (Å²) in [4.78, 5) is 23.8. The van der Waals surface area contributed by atoms with Crippen molar-refractivity contribution in [1.82, 2.24) is 9.13 Å². The van der Waals surface area contributed by atoms with Gasteiger partial charge in [-0.3, -0.25) is 9.36 Å². The molecule has 19 heavy (non-hydrogen) atoms. The van der Waals surface area contributed by atoms with Crippen LogP contribution in [0.2, 0.25) is 0 Å². The maximum atomic E-state index is 12.8. The van der Waals surface area contributed by atoms with E-state index in [9.17, 15) is 14.0 Å². The second-order valence-corrected chi connectivity index (χ2v) is 4.34. The predicted octanol–water partition coefficient (Wildman–Crippen LogP) is 1.61. The first kappa shape index (κ1) is 13.3. The molecule has 0 bridgehead atoms. The molecule has 0 saturated heterocycles. The molecule has 0 amide bonds. The van der Waals surface area contributed by atoms with E-state index >= 15 is 0 Å². The van der Waals surface area contributed by atoms with Crippen molar-refractivity contribution in [2.45, 2.75) is 26.4 Å². The van der Waals surface area contributed by atoms with Crippen molar-refractivity contribution < 1.29 is 4.39 Å². The Hall–Kier alpha value is -2.17. The minimum absolute atomic E-state index is 0.155. The number of rotatable bonds is 4. The van der Waals surface area contributed by atoms with Crippen LogP contribution in [0.5, 0.6) is 0 Å². The van der Waals surface area contributed by atoms with Gasteiger partial charge in [-0.25, -0.2) is 9.18 Å². The van der Waals surface area contributed by atoms with E-state index in [1.54, 1.807) is 12.1 Å². The lowest BCUT2D eigenvalue weighted by molar-refractivity contribution is 0.570. The SMILES string of the molecule is CCCn1ccc(=O)n(Cc2ccc(F)cc2)c1=O. The Morgan fingerprint density at radius 1 is 1.11 bits per heavy atom. The van der Waals surface area contributed by atoms with Crippen LogP contribution in [-0.2, 0) is 13.1 Å². The van der Waals surface area contributed by atoms with Crippen LogP contribution in [0, 0.1) is 5.82 Å². The molecule has 0 radical (unpaired) electrons. The first-order valence-electron chi connectivity index (χ1n) is 6.16. The minimum Gasteiger partial charge on any atom is -0.300 e. The molecule has 0 N–H and O–H groups in total. The third-order valence-electron chi connectivity index (χ3n) is 2.86. The van der Waals surface area contributed by atoms with Gasteiger partial charge in [-0.05, 0) is 24.1 Å². The van der Waals surface area contributed by atoms with Crippen LogP contribution in [-0.4, -0.2) is 9.13 Å². The fourth-order valence-electron chi connectivity index (χ4n) is 1.89. The largest absolute Gasteiger partial charge is 0.331 e. The van der Waals surface area contributed by atoms with Crippen molar-refractivity contribution in [3.8, 4) is 0 Å². The van der Waals surface area contributed by atoms with Crippen molar-refractivity contribution >= 4 is 0 Å². The quantitative estimate of drug-likeness (QED) is 0.840. The Bertz CT molecular complexity index is 671. The van der Waals surface area contributed by atoms with E-state index in [1.807, 2.05) is 6.92 Å². The molecule has 100 valence electrons. The number of halogens is 1. The lowest BCUT2D eigenvalue weighted by Gasteiger charge is -2.09. The molecule has 0 aliphatic carbocycles. The molecule has 0 saturated carbocycles. The monoisotopic (exact) mass is 262 g/mol. The van der Waals surface area contributed by atoms with Gasteiger partial charge in [0.1, 0.15) is 5.82 Å². The van der Waals surface area contributed by atoms with E-state index < -0.39 is 0 Å². The van der Waals surface area contributed by atoms with E-state index in [0.717, 1.165) is 16.6 Å². The molecule has 0 atom stereocenters. The molecule has 1 aromatic carbocycles. The zero-order chi connectivity index (χ0) is 13.8. The second-order valence-electron chi connectivity index (χ2n) is 4.34. The summed E-state index contributed by atoms with van der Waals surface area (Å²) in [5.74, 6) is -0.340. The summed E-state index contributed by atoms with van der Waals surface area (Å²) in [7, 11) is 0. The number of benzene rings is 1. The second kappa shape index (κ2) is 5.65. The van der Waals surface area contributed by atoms with Gasteiger partial charge in [0.25, 0.3) is 5.56 Å². The summed E-state index contributed by atoms with van der Waals surface area (Å²) in [6, 6.07) is 7.14. The fourth-order valence-corrected chi connectivity index (χ4v) is 1.89. The van der Waals surface area contributed by atoms with Crippen LogP contribution in [0.4, 0.5) is 4.39 Å². The first-order chi connectivity index (χ1) is 9.11. The molecule has 4 nitrogen and oxygen atoms in total. The minimum atomic E-state index is -0.346. The highest BCUT2D eigenvalue weighted by Gasteiger charge is 2.05. The average molecular weight is 262 g/mol. The molecule has 0 aliphatic heterocycles. The Morgan fingerprint density at radius 3 is 2.42 bits per heavy atom. The molecular formula is C14H15FN2O2.